The van der Waals surface area contributed by atoms with Crippen LogP contribution in [0.4, 0.5) is 11.5 Å². The van der Waals surface area contributed by atoms with Crippen molar-refractivity contribution in [1.29, 1.82) is 0 Å². The van der Waals surface area contributed by atoms with E-state index in [9.17, 15) is 0 Å². The molecule has 5 nitrogen and oxygen atoms in total. The van der Waals surface area contributed by atoms with Crippen molar-refractivity contribution in [1.82, 2.24) is 14.9 Å². The summed E-state index contributed by atoms with van der Waals surface area (Å²) in [7, 11) is 0. The van der Waals surface area contributed by atoms with Crippen molar-refractivity contribution in [2.75, 3.05) is 43.4 Å². The lowest BCUT2D eigenvalue weighted by Crippen LogP contribution is -2.47. The van der Waals surface area contributed by atoms with Gasteiger partial charge in [-0.3, -0.25) is 4.90 Å². The fraction of sp³-hybridized carbons (Fsp3) is 0.500. The van der Waals surface area contributed by atoms with Crippen LogP contribution in [0, 0.1) is 5.92 Å². The van der Waals surface area contributed by atoms with E-state index >= 15 is 0 Å². The van der Waals surface area contributed by atoms with Gasteiger partial charge < -0.3 is 10.6 Å². The molecular weight excluding hydrogens is 262 g/mol. The molecule has 1 aliphatic heterocycles. The lowest BCUT2D eigenvalue weighted by Gasteiger charge is -2.35. The SMILES string of the molecule is Nc1ccc2ncnc(N3CCN(CC4CC4)CC3)c2c1. The fourth-order valence-electron chi connectivity index (χ4n) is 3.12. The molecule has 0 unspecified atom stereocenters. The van der Waals surface area contributed by atoms with Gasteiger partial charge in [-0.2, -0.15) is 0 Å². The first-order valence-electron chi connectivity index (χ1n) is 7.77. The normalized spacial score (nSPS) is 20.1. The predicted molar refractivity (Wildman–Crippen MR) is 85.3 cm³/mol. The van der Waals surface area contributed by atoms with Crippen LogP contribution in [0.15, 0.2) is 24.5 Å². The Morgan fingerprint density at radius 3 is 2.67 bits per heavy atom. The highest BCUT2D eigenvalue weighted by molar-refractivity contribution is 5.91. The lowest BCUT2D eigenvalue weighted by atomic mass is 10.2. The van der Waals surface area contributed by atoms with Gasteiger partial charge in [0.2, 0.25) is 0 Å². The molecule has 21 heavy (non-hydrogen) atoms. The summed E-state index contributed by atoms with van der Waals surface area (Å²) in [4.78, 5) is 13.8. The number of aromatic nitrogens is 2. The molecule has 2 heterocycles. The lowest BCUT2D eigenvalue weighted by molar-refractivity contribution is 0.248. The third-order valence-corrected chi connectivity index (χ3v) is 4.52. The number of piperazine rings is 1. The highest BCUT2D eigenvalue weighted by Crippen LogP contribution is 2.30. The van der Waals surface area contributed by atoms with E-state index in [2.05, 4.69) is 19.8 Å². The summed E-state index contributed by atoms with van der Waals surface area (Å²) in [6.45, 7) is 5.61. The minimum absolute atomic E-state index is 0.769. The van der Waals surface area contributed by atoms with Crippen LogP contribution in [-0.4, -0.2) is 47.6 Å². The van der Waals surface area contributed by atoms with E-state index in [4.69, 9.17) is 5.73 Å². The van der Waals surface area contributed by atoms with Gasteiger partial charge in [-0.1, -0.05) is 0 Å². The van der Waals surface area contributed by atoms with Crippen LogP contribution >= 0.6 is 0 Å². The summed E-state index contributed by atoms with van der Waals surface area (Å²) in [5.41, 5.74) is 7.66. The highest BCUT2D eigenvalue weighted by atomic mass is 15.3. The molecule has 0 amide bonds. The molecule has 4 rings (SSSR count). The van der Waals surface area contributed by atoms with Crippen molar-refractivity contribution in [3.63, 3.8) is 0 Å². The molecule has 110 valence electrons. The predicted octanol–water partition coefficient (Wildman–Crippen LogP) is 1.74. The van der Waals surface area contributed by atoms with Crippen molar-refractivity contribution in [3.8, 4) is 0 Å². The van der Waals surface area contributed by atoms with E-state index in [0.29, 0.717) is 0 Å². The van der Waals surface area contributed by atoms with E-state index in [1.165, 1.54) is 19.4 Å². The first kappa shape index (κ1) is 12.8. The van der Waals surface area contributed by atoms with Crippen LogP contribution in [0.5, 0.6) is 0 Å². The largest absolute Gasteiger partial charge is 0.399 e. The van der Waals surface area contributed by atoms with Crippen LogP contribution in [-0.2, 0) is 0 Å². The number of anilines is 2. The molecular formula is C16H21N5. The zero-order valence-electron chi connectivity index (χ0n) is 12.2. The Bertz CT molecular complexity index is 644. The average molecular weight is 283 g/mol. The Morgan fingerprint density at radius 2 is 1.90 bits per heavy atom. The first-order valence-corrected chi connectivity index (χ1v) is 7.77. The van der Waals surface area contributed by atoms with Crippen molar-refractivity contribution in [3.05, 3.63) is 24.5 Å². The standard InChI is InChI=1S/C16H21N5/c17-13-3-4-15-14(9-13)16(19-11-18-15)21-7-5-20(6-8-21)10-12-1-2-12/h3-4,9,11-12H,1-2,5-8,10,17H2. The number of nitrogens with zero attached hydrogens (tertiary/aromatic N) is 4. The Hall–Kier alpha value is -1.88. The second-order valence-corrected chi connectivity index (χ2v) is 6.20. The van der Waals surface area contributed by atoms with Gasteiger partial charge in [-0.25, -0.2) is 9.97 Å². The Morgan fingerprint density at radius 1 is 1.10 bits per heavy atom. The van der Waals surface area contributed by atoms with E-state index in [-0.39, 0.29) is 0 Å². The summed E-state index contributed by atoms with van der Waals surface area (Å²) in [6, 6.07) is 5.85. The van der Waals surface area contributed by atoms with Crippen molar-refractivity contribution in [2.45, 2.75) is 12.8 Å². The van der Waals surface area contributed by atoms with Gasteiger partial charge >= 0.3 is 0 Å². The molecule has 1 aromatic carbocycles. The number of rotatable bonds is 3. The molecule has 1 aliphatic carbocycles. The molecule has 2 aromatic rings. The van der Waals surface area contributed by atoms with Crippen LogP contribution < -0.4 is 10.6 Å². The molecule has 5 heteroatoms. The Kier molecular flexibility index (Phi) is 3.15. The van der Waals surface area contributed by atoms with Crippen LogP contribution in [0.3, 0.4) is 0 Å². The molecule has 1 saturated carbocycles. The molecule has 0 radical (unpaired) electrons. The molecule has 1 saturated heterocycles. The molecule has 1 aromatic heterocycles. The molecule has 2 N–H and O–H groups in total. The first-order chi connectivity index (χ1) is 10.3. The molecule has 0 bridgehead atoms. The van der Waals surface area contributed by atoms with Gasteiger partial charge in [0.05, 0.1) is 5.52 Å². The van der Waals surface area contributed by atoms with Crippen LogP contribution in [0.2, 0.25) is 0 Å². The number of nitrogen functional groups attached to an aromatic ring is 1. The molecule has 0 atom stereocenters. The Labute approximate surface area is 124 Å². The maximum Gasteiger partial charge on any atom is 0.140 e. The number of hydrogen-bond acceptors (Lipinski definition) is 5. The summed E-state index contributed by atoms with van der Waals surface area (Å²) in [6.07, 6.45) is 4.51. The smallest absolute Gasteiger partial charge is 0.140 e. The summed E-state index contributed by atoms with van der Waals surface area (Å²) in [5, 5.41) is 1.06. The third kappa shape index (κ3) is 2.65. The maximum absolute atomic E-state index is 5.92. The van der Waals surface area contributed by atoms with Crippen LogP contribution in [0.25, 0.3) is 10.9 Å². The number of hydrogen-bond donors (Lipinski definition) is 1. The van der Waals surface area contributed by atoms with E-state index in [1.54, 1.807) is 6.33 Å². The summed E-state index contributed by atoms with van der Waals surface area (Å²) < 4.78 is 0. The third-order valence-electron chi connectivity index (χ3n) is 4.52. The van der Waals surface area contributed by atoms with E-state index < -0.39 is 0 Å². The van der Waals surface area contributed by atoms with Gasteiger partial charge in [0.1, 0.15) is 12.1 Å². The summed E-state index contributed by atoms with van der Waals surface area (Å²) in [5.74, 6) is 2.00. The fourth-order valence-corrected chi connectivity index (χ4v) is 3.12. The summed E-state index contributed by atoms with van der Waals surface area (Å²) >= 11 is 0. The van der Waals surface area contributed by atoms with Crippen molar-refractivity contribution in [2.24, 2.45) is 5.92 Å². The van der Waals surface area contributed by atoms with Gasteiger partial charge in [0, 0.05) is 43.8 Å². The van der Waals surface area contributed by atoms with E-state index in [0.717, 1.165) is 54.5 Å². The van der Waals surface area contributed by atoms with Gasteiger partial charge in [-0.15, -0.1) is 0 Å². The van der Waals surface area contributed by atoms with Crippen molar-refractivity contribution < 1.29 is 0 Å². The van der Waals surface area contributed by atoms with Gasteiger partial charge in [-0.05, 0) is 37.0 Å². The van der Waals surface area contributed by atoms with Gasteiger partial charge in [0.25, 0.3) is 0 Å². The van der Waals surface area contributed by atoms with Crippen LogP contribution in [0.1, 0.15) is 12.8 Å². The zero-order chi connectivity index (χ0) is 14.2. The monoisotopic (exact) mass is 283 g/mol. The molecule has 0 spiro atoms. The van der Waals surface area contributed by atoms with Gasteiger partial charge in [0.15, 0.2) is 0 Å². The quantitative estimate of drug-likeness (QED) is 0.870. The second kappa shape index (κ2) is 5.15. The topological polar surface area (TPSA) is 58.3 Å². The maximum atomic E-state index is 5.92. The van der Waals surface area contributed by atoms with E-state index in [1.807, 2.05) is 18.2 Å². The average Bonchev–Trinajstić information content (AvgIpc) is 3.31. The number of nitrogens with two attached hydrogens (primary N) is 1. The zero-order valence-corrected chi connectivity index (χ0v) is 12.2. The Balaban J connectivity index is 1.55. The minimum Gasteiger partial charge on any atom is -0.399 e. The number of benzene rings is 1. The van der Waals surface area contributed by atoms with Crippen molar-refractivity contribution >= 4 is 22.4 Å². The molecule has 2 fully saturated rings. The minimum atomic E-state index is 0.769. The highest BCUT2D eigenvalue weighted by Gasteiger charge is 2.27. The number of fused-ring (bicyclic) bond motifs is 1. The second-order valence-electron chi connectivity index (χ2n) is 6.20. The molecule has 2 aliphatic rings.